The summed E-state index contributed by atoms with van der Waals surface area (Å²) in [6.07, 6.45) is 11.2. The second kappa shape index (κ2) is 10.4. The van der Waals surface area contributed by atoms with Crippen LogP contribution in [0.4, 0.5) is 11.8 Å². The van der Waals surface area contributed by atoms with E-state index in [2.05, 4.69) is 32.1 Å². The maximum absolute atomic E-state index is 11.5. The van der Waals surface area contributed by atoms with Crippen molar-refractivity contribution in [2.75, 3.05) is 49.1 Å². The summed E-state index contributed by atoms with van der Waals surface area (Å²) < 4.78 is 5.88. The average molecular weight is 425 g/mol. The molecule has 0 aliphatic carbocycles. The molecule has 0 aromatic carbocycles. The van der Waals surface area contributed by atoms with Gasteiger partial charge in [0.2, 0.25) is 11.9 Å². The van der Waals surface area contributed by atoms with Crippen LogP contribution < -0.4 is 19.9 Å². The topological polar surface area (TPSA) is 83.5 Å². The molecule has 31 heavy (non-hydrogen) atoms. The predicted octanol–water partition coefficient (Wildman–Crippen LogP) is 2.45. The normalized spacial score (nSPS) is 17.5. The zero-order valence-electron chi connectivity index (χ0n) is 18.3. The predicted molar refractivity (Wildman–Crippen MR) is 121 cm³/mol. The van der Waals surface area contributed by atoms with Gasteiger partial charge in [0.05, 0.1) is 19.3 Å². The van der Waals surface area contributed by atoms with Crippen LogP contribution >= 0.6 is 0 Å². The van der Waals surface area contributed by atoms with Crippen LogP contribution in [0, 0.1) is 5.92 Å². The van der Waals surface area contributed by atoms with Crippen LogP contribution in [0.15, 0.2) is 30.7 Å². The van der Waals surface area contributed by atoms with E-state index in [4.69, 9.17) is 4.74 Å². The number of carbonyl (C=O) groups excluding carboxylic acids is 1. The first-order valence-electron chi connectivity index (χ1n) is 11.4. The van der Waals surface area contributed by atoms with E-state index in [1.807, 2.05) is 29.4 Å². The molecule has 2 aliphatic heterocycles. The molecular weight excluding hydrogens is 392 g/mol. The van der Waals surface area contributed by atoms with Gasteiger partial charge < -0.3 is 19.9 Å². The van der Waals surface area contributed by atoms with Gasteiger partial charge in [0.15, 0.2) is 0 Å². The molecule has 0 bridgehead atoms. The molecule has 2 saturated heterocycles. The van der Waals surface area contributed by atoms with Gasteiger partial charge in [-0.2, -0.15) is 0 Å². The largest absolute Gasteiger partial charge is 0.492 e. The first kappa shape index (κ1) is 21.3. The lowest BCUT2D eigenvalue weighted by atomic mass is 9.92. The molecule has 8 nitrogen and oxygen atoms in total. The van der Waals surface area contributed by atoms with Gasteiger partial charge in [0.1, 0.15) is 11.6 Å². The highest BCUT2D eigenvalue weighted by molar-refractivity contribution is 5.82. The third kappa shape index (κ3) is 5.83. The number of rotatable bonds is 8. The summed E-state index contributed by atoms with van der Waals surface area (Å²) in [5.41, 5.74) is 1.18. The van der Waals surface area contributed by atoms with E-state index < -0.39 is 0 Å². The molecule has 1 amide bonds. The Kier molecular flexibility index (Phi) is 7.17. The molecular formula is C23H32N6O2. The molecule has 0 unspecified atom stereocenters. The van der Waals surface area contributed by atoms with Crippen LogP contribution in [-0.4, -0.2) is 60.2 Å². The minimum atomic E-state index is 0.0427. The van der Waals surface area contributed by atoms with Gasteiger partial charge in [-0.1, -0.05) is 6.92 Å². The van der Waals surface area contributed by atoms with Crippen molar-refractivity contribution in [1.82, 2.24) is 20.3 Å². The monoisotopic (exact) mass is 424 g/mol. The number of aromatic nitrogens is 3. The van der Waals surface area contributed by atoms with Crippen LogP contribution in [0.1, 0.15) is 38.2 Å². The van der Waals surface area contributed by atoms with E-state index >= 15 is 0 Å². The zero-order chi connectivity index (χ0) is 21.5. The summed E-state index contributed by atoms with van der Waals surface area (Å²) in [5.74, 6) is 3.25. The molecule has 166 valence electrons. The smallest absolute Gasteiger partial charge is 0.239 e. The van der Waals surface area contributed by atoms with Crippen molar-refractivity contribution in [1.29, 1.82) is 0 Å². The number of hydrogen-bond acceptors (Lipinski definition) is 7. The second-order valence-corrected chi connectivity index (χ2v) is 8.29. The number of pyridine rings is 1. The fourth-order valence-corrected chi connectivity index (χ4v) is 4.16. The summed E-state index contributed by atoms with van der Waals surface area (Å²) in [6.45, 7) is 6.69. The highest BCUT2D eigenvalue weighted by atomic mass is 16.5. The summed E-state index contributed by atoms with van der Waals surface area (Å²) in [5, 5.41) is 2.83. The minimum absolute atomic E-state index is 0.0427. The van der Waals surface area contributed by atoms with Crippen molar-refractivity contribution < 1.29 is 9.53 Å². The Morgan fingerprint density at radius 3 is 2.55 bits per heavy atom. The molecule has 0 atom stereocenters. The Balaban J connectivity index is 1.14. The number of nitrogens with one attached hydrogen (secondary N) is 1. The third-order valence-electron chi connectivity index (χ3n) is 6.11. The molecule has 2 aromatic heterocycles. The minimum Gasteiger partial charge on any atom is -0.492 e. The lowest BCUT2D eigenvalue weighted by Crippen LogP contribution is -2.47. The van der Waals surface area contributed by atoms with Crippen LogP contribution in [0.3, 0.4) is 0 Å². The number of aryl methyl sites for hydroxylation is 1. The lowest BCUT2D eigenvalue weighted by molar-refractivity contribution is -0.120. The van der Waals surface area contributed by atoms with Crippen molar-refractivity contribution in [3.05, 3.63) is 36.3 Å². The molecule has 0 radical (unpaired) electrons. The second-order valence-electron chi connectivity index (χ2n) is 8.29. The fraction of sp³-hybridized carbons (Fsp3) is 0.565. The van der Waals surface area contributed by atoms with Crippen LogP contribution in [0.2, 0.25) is 0 Å². The summed E-state index contributed by atoms with van der Waals surface area (Å²) in [6, 6.07) is 3.87. The van der Waals surface area contributed by atoms with Crippen LogP contribution in [0.5, 0.6) is 5.75 Å². The van der Waals surface area contributed by atoms with Gasteiger partial charge in [-0.05, 0) is 55.7 Å². The van der Waals surface area contributed by atoms with E-state index in [1.165, 1.54) is 24.8 Å². The van der Waals surface area contributed by atoms with Crippen molar-refractivity contribution in [2.45, 2.75) is 39.0 Å². The highest BCUT2D eigenvalue weighted by Crippen LogP contribution is 2.24. The average Bonchev–Trinajstić information content (AvgIpc) is 2.83. The molecule has 0 spiro atoms. The number of ether oxygens (including phenoxy) is 1. The maximum atomic E-state index is 11.5. The van der Waals surface area contributed by atoms with Crippen molar-refractivity contribution in [3.8, 4) is 5.75 Å². The molecule has 2 fully saturated rings. The van der Waals surface area contributed by atoms with E-state index in [-0.39, 0.29) is 5.91 Å². The SMILES string of the molecule is CCc1cnc(N2CCC(CCCOc3ccc(N4CCNC(=O)C4)nc3)CC2)nc1. The summed E-state index contributed by atoms with van der Waals surface area (Å²) >= 11 is 0. The number of carbonyl (C=O) groups is 1. The van der Waals surface area contributed by atoms with E-state index in [0.29, 0.717) is 19.7 Å². The van der Waals surface area contributed by atoms with Gasteiger partial charge in [-0.25, -0.2) is 15.0 Å². The Labute approximate surface area is 184 Å². The van der Waals surface area contributed by atoms with Gasteiger partial charge in [0.25, 0.3) is 0 Å². The molecule has 1 N–H and O–H groups in total. The Morgan fingerprint density at radius 2 is 1.87 bits per heavy atom. The van der Waals surface area contributed by atoms with Gasteiger partial charge in [-0.15, -0.1) is 0 Å². The molecule has 2 aliphatic rings. The van der Waals surface area contributed by atoms with E-state index in [1.54, 1.807) is 6.20 Å². The van der Waals surface area contributed by atoms with Crippen molar-refractivity contribution >= 4 is 17.7 Å². The maximum Gasteiger partial charge on any atom is 0.239 e. The summed E-state index contributed by atoms with van der Waals surface area (Å²) in [4.78, 5) is 29.3. The summed E-state index contributed by atoms with van der Waals surface area (Å²) in [7, 11) is 0. The first-order valence-corrected chi connectivity index (χ1v) is 11.4. The number of piperidine rings is 1. The van der Waals surface area contributed by atoms with E-state index in [9.17, 15) is 4.79 Å². The number of piperazine rings is 1. The molecule has 8 heteroatoms. The highest BCUT2D eigenvalue weighted by Gasteiger charge is 2.21. The quantitative estimate of drug-likeness (QED) is 0.652. The van der Waals surface area contributed by atoms with Crippen LogP contribution in [-0.2, 0) is 11.2 Å². The van der Waals surface area contributed by atoms with Crippen molar-refractivity contribution in [3.63, 3.8) is 0 Å². The van der Waals surface area contributed by atoms with Gasteiger partial charge in [-0.3, -0.25) is 4.79 Å². The first-order chi connectivity index (χ1) is 15.2. The molecule has 4 rings (SSSR count). The number of hydrogen-bond donors (Lipinski definition) is 1. The third-order valence-corrected chi connectivity index (χ3v) is 6.11. The number of anilines is 2. The standard InChI is InChI=1S/C23H32N6O2/c1-2-18-14-26-23(27-15-18)28-10-7-19(8-11-28)4-3-13-31-20-5-6-21(25-16-20)29-12-9-24-22(30)17-29/h5-6,14-16,19H,2-4,7-13,17H2,1H3,(H,24,30). The van der Waals surface area contributed by atoms with Gasteiger partial charge >= 0.3 is 0 Å². The zero-order valence-corrected chi connectivity index (χ0v) is 18.3. The number of amides is 1. The van der Waals surface area contributed by atoms with Gasteiger partial charge in [0, 0.05) is 38.6 Å². The van der Waals surface area contributed by atoms with Crippen molar-refractivity contribution in [2.24, 2.45) is 5.92 Å². The van der Waals surface area contributed by atoms with E-state index in [0.717, 1.165) is 55.9 Å². The molecule has 4 heterocycles. The molecule has 2 aromatic rings. The lowest BCUT2D eigenvalue weighted by Gasteiger charge is -2.32. The van der Waals surface area contributed by atoms with Crippen LogP contribution in [0.25, 0.3) is 0 Å². The fourth-order valence-electron chi connectivity index (χ4n) is 4.16. The Hall–Kier alpha value is -2.90. The number of nitrogens with zero attached hydrogens (tertiary/aromatic N) is 5. The Bertz CT molecular complexity index is 834. The molecule has 0 saturated carbocycles. The Morgan fingerprint density at radius 1 is 1.06 bits per heavy atom.